The maximum Gasteiger partial charge on any atom is 0.345 e. The van der Waals surface area contributed by atoms with Crippen molar-refractivity contribution in [2.24, 2.45) is 5.10 Å². The first kappa shape index (κ1) is 20.3. The smallest absolute Gasteiger partial charge is 0.345 e. The summed E-state index contributed by atoms with van der Waals surface area (Å²) in [5, 5.41) is 14.1. The molecule has 6 nitrogen and oxygen atoms in total. The number of aliphatic hydroxyl groups is 1. The van der Waals surface area contributed by atoms with E-state index in [1.54, 1.807) is 78.9 Å². The molecule has 2 N–H and O–H groups in total. The Morgan fingerprint density at radius 2 is 1.62 bits per heavy atom. The molecule has 0 aliphatic heterocycles. The average Bonchev–Trinajstić information content (AvgIpc) is 2.75. The summed E-state index contributed by atoms with van der Waals surface area (Å²) in [6.07, 6.45) is 0.106. The summed E-state index contributed by atoms with van der Waals surface area (Å²) in [4.78, 5) is 24.1. The molecule has 1 amide bonds. The number of carbonyl (C=O) groups is 2. The van der Waals surface area contributed by atoms with Gasteiger partial charge in [0.1, 0.15) is 5.75 Å². The summed E-state index contributed by atoms with van der Waals surface area (Å²) in [6, 6.07) is 21.7. The second-order valence-electron chi connectivity index (χ2n) is 5.99. The number of ether oxygens (including phenoxy) is 1. The van der Waals surface area contributed by atoms with Crippen LogP contribution in [0.5, 0.6) is 5.75 Å². The Morgan fingerprint density at radius 1 is 0.966 bits per heavy atom. The fraction of sp³-hybridized carbons (Fsp3) is 0.0455. The third-order valence-electron chi connectivity index (χ3n) is 3.94. The van der Waals surface area contributed by atoms with Gasteiger partial charge in [-0.1, -0.05) is 54.1 Å². The van der Waals surface area contributed by atoms with E-state index in [1.807, 2.05) is 0 Å². The first-order valence-electron chi connectivity index (χ1n) is 8.67. The van der Waals surface area contributed by atoms with Crippen LogP contribution in [0.1, 0.15) is 27.6 Å². The van der Waals surface area contributed by atoms with Crippen LogP contribution in [0.3, 0.4) is 0 Å². The Morgan fingerprint density at radius 3 is 2.31 bits per heavy atom. The maximum atomic E-state index is 12.1. The van der Waals surface area contributed by atoms with Gasteiger partial charge in [-0.15, -0.1) is 0 Å². The van der Waals surface area contributed by atoms with Gasteiger partial charge < -0.3 is 9.84 Å². The van der Waals surface area contributed by atoms with E-state index < -0.39 is 18.0 Å². The van der Waals surface area contributed by atoms with E-state index in [9.17, 15) is 14.7 Å². The molecular weight excluding hydrogens is 392 g/mol. The third-order valence-corrected chi connectivity index (χ3v) is 4.27. The van der Waals surface area contributed by atoms with Crippen molar-refractivity contribution in [2.75, 3.05) is 0 Å². The van der Waals surface area contributed by atoms with Crippen LogP contribution in [0.4, 0.5) is 0 Å². The zero-order chi connectivity index (χ0) is 20.6. The van der Waals surface area contributed by atoms with E-state index in [4.69, 9.17) is 16.3 Å². The highest BCUT2D eigenvalue weighted by molar-refractivity contribution is 6.33. The van der Waals surface area contributed by atoms with Crippen LogP contribution < -0.4 is 10.2 Å². The number of nitrogens with one attached hydrogen (secondary N) is 1. The van der Waals surface area contributed by atoms with Gasteiger partial charge in [0.15, 0.2) is 6.10 Å². The van der Waals surface area contributed by atoms with Gasteiger partial charge in [0.25, 0.3) is 5.91 Å². The topological polar surface area (TPSA) is 88.0 Å². The molecule has 0 bridgehead atoms. The van der Waals surface area contributed by atoms with Crippen molar-refractivity contribution in [1.82, 2.24) is 5.43 Å². The van der Waals surface area contributed by atoms with Crippen molar-refractivity contribution in [3.63, 3.8) is 0 Å². The van der Waals surface area contributed by atoms with Gasteiger partial charge in [0.05, 0.1) is 16.8 Å². The van der Waals surface area contributed by atoms with Crippen molar-refractivity contribution in [3.8, 4) is 5.75 Å². The first-order chi connectivity index (χ1) is 14.0. The molecule has 29 heavy (non-hydrogen) atoms. The fourth-order valence-corrected chi connectivity index (χ4v) is 2.64. The molecule has 0 aliphatic carbocycles. The Hall–Kier alpha value is -3.48. The van der Waals surface area contributed by atoms with E-state index in [0.717, 1.165) is 0 Å². The highest BCUT2D eigenvalue weighted by Crippen LogP contribution is 2.19. The van der Waals surface area contributed by atoms with Crippen LogP contribution in [0, 0.1) is 0 Å². The number of nitrogens with zero attached hydrogens (tertiary/aromatic N) is 1. The van der Waals surface area contributed by atoms with Gasteiger partial charge in [0.2, 0.25) is 0 Å². The van der Waals surface area contributed by atoms with Gasteiger partial charge in [-0.3, -0.25) is 4.79 Å². The van der Waals surface area contributed by atoms with E-state index in [1.165, 1.54) is 6.21 Å². The van der Waals surface area contributed by atoms with Crippen molar-refractivity contribution in [2.45, 2.75) is 6.10 Å². The highest BCUT2D eigenvalue weighted by Gasteiger charge is 2.16. The average molecular weight is 409 g/mol. The number of carbonyl (C=O) groups excluding carboxylic acids is 2. The molecule has 0 heterocycles. The number of rotatable bonds is 6. The highest BCUT2D eigenvalue weighted by atomic mass is 35.5. The molecule has 1 unspecified atom stereocenters. The van der Waals surface area contributed by atoms with Crippen LogP contribution in [-0.2, 0) is 4.79 Å². The summed E-state index contributed by atoms with van der Waals surface area (Å²) >= 11 is 5.98. The summed E-state index contributed by atoms with van der Waals surface area (Å²) in [6.45, 7) is 0. The number of hydrogen-bond acceptors (Lipinski definition) is 5. The predicted molar refractivity (Wildman–Crippen MR) is 110 cm³/mol. The molecule has 0 aliphatic rings. The second-order valence-corrected chi connectivity index (χ2v) is 6.39. The third kappa shape index (κ3) is 5.51. The van der Waals surface area contributed by atoms with E-state index in [2.05, 4.69) is 10.5 Å². The van der Waals surface area contributed by atoms with Gasteiger partial charge >= 0.3 is 5.97 Å². The molecule has 0 saturated heterocycles. The molecule has 146 valence electrons. The van der Waals surface area contributed by atoms with Gasteiger partial charge in [0, 0.05) is 0 Å². The van der Waals surface area contributed by atoms with Crippen LogP contribution in [0.25, 0.3) is 0 Å². The van der Waals surface area contributed by atoms with Crippen molar-refractivity contribution in [1.29, 1.82) is 0 Å². The lowest BCUT2D eigenvalue weighted by Crippen LogP contribution is -2.25. The SMILES string of the molecule is O=C(Oc1ccc(C=NNC(=O)C(O)c2ccccc2)cc1)c1ccccc1Cl. The maximum absolute atomic E-state index is 12.1. The molecule has 0 aromatic heterocycles. The second kappa shape index (κ2) is 9.64. The Balaban J connectivity index is 1.55. The largest absolute Gasteiger partial charge is 0.423 e. The molecule has 1 atom stereocenters. The first-order valence-corrected chi connectivity index (χ1v) is 9.05. The Labute approximate surface area is 172 Å². The van der Waals surface area contributed by atoms with Gasteiger partial charge in [-0.05, 0) is 47.5 Å². The molecule has 0 saturated carbocycles. The summed E-state index contributed by atoms with van der Waals surface area (Å²) in [5.74, 6) is -0.854. The predicted octanol–water partition coefficient (Wildman–Crippen LogP) is 3.74. The van der Waals surface area contributed by atoms with Crippen LogP contribution >= 0.6 is 11.6 Å². The van der Waals surface area contributed by atoms with E-state index in [-0.39, 0.29) is 5.56 Å². The number of hydrazone groups is 1. The normalized spacial score (nSPS) is 11.8. The molecule has 0 fully saturated rings. The number of esters is 1. The van der Waals surface area contributed by atoms with E-state index >= 15 is 0 Å². The van der Waals surface area contributed by atoms with Crippen molar-refractivity contribution < 1.29 is 19.4 Å². The molecule has 0 spiro atoms. The summed E-state index contributed by atoms with van der Waals surface area (Å²) < 4.78 is 5.29. The number of halogens is 1. The molecule has 7 heteroatoms. The Kier molecular flexibility index (Phi) is 6.73. The van der Waals surface area contributed by atoms with Crippen molar-refractivity contribution >= 4 is 29.7 Å². The quantitative estimate of drug-likeness (QED) is 0.281. The number of benzene rings is 3. The van der Waals surface area contributed by atoms with Crippen LogP contribution in [-0.4, -0.2) is 23.2 Å². The minimum absolute atomic E-state index is 0.277. The number of aliphatic hydroxyl groups excluding tert-OH is 1. The molecule has 0 radical (unpaired) electrons. The molecule has 3 aromatic rings. The minimum Gasteiger partial charge on any atom is -0.423 e. The van der Waals surface area contributed by atoms with Crippen LogP contribution in [0.2, 0.25) is 5.02 Å². The Bertz CT molecular complexity index is 1020. The van der Waals surface area contributed by atoms with Crippen molar-refractivity contribution in [3.05, 3.63) is 101 Å². The lowest BCUT2D eigenvalue weighted by molar-refractivity contribution is -0.129. The lowest BCUT2D eigenvalue weighted by atomic mass is 10.1. The zero-order valence-corrected chi connectivity index (χ0v) is 15.9. The minimum atomic E-state index is -1.31. The fourth-order valence-electron chi connectivity index (χ4n) is 2.43. The van der Waals surface area contributed by atoms with E-state index in [0.29, 0.717) is 21.9 Å². The van der Waals surface area contributed by atoms with Gasteiger partial charge in [-0.25, -0.2) is 10.2 Å². The summed E-state index contributed by atoms with van der Waals surface area (Å²) in [5.41, 5.74) is 3.70. The standard InChI is InChI=1S/C22H17ClN2O4/c23-19-9-5-4-8-18(19)22(28)29-17-12-10-15(11-13-17)14-24-25-21(27)20(26)16-6-2-1-3-7-16/h1-14,20,26H,(H,25,27). The number of amides is 1. The molecular formula is C22H17ClN2O4. The molecule has 3 aromatic carbocycles. The van der Waals surface area contributed by atoms with Gasteiger partial charge in [-0.2, -0.15) is 5.10 Å². The number of hydrogen-bond donors (Lipinski definition) is 2. The monoisotopic (exact) mass is 408 g/mol. The zero-order valence-electron chi connectivity index (χ0n) is 15.2. The molecule has 3 rings (SSSR count). The summed E-state index contributed by atoms with van der Waals surface area (Å²) in [7, 11) is 0. The lowest BCUT2D eigenvalue weighted by Gasteiger charge is -2.08. The van der Waals surface area contributed by atoms with Crippen LogP contribution in [0.15, 0.2) is 84.0 Å².